The zero-order valence-electron chi connectivity index (χ0n) is 13.4. The lowest BCUT2D eigenvalue weighted by Gasteiger charge is -2.31. The van der Waals surface area contributed by atoms with Crippen LogP contribution in [0.2, 0.25) is 0 Å². The highest BCUT2D eigenvalue weighted by Gasteiger charge is 2.22. The van der Waals surface area contributed by atoms with Gasteiger partial charge in [-0.1, -0.05) is 35.8 Å². The predicted octanol–water partition coefficient (Wildman–Crippen LogP) is 2.23. The first-order valence-electron chi connectivity index (χ1n) is 8.11. The Hall–Kier alpha value is -2.21. The SMILES string of the molecule is C[C@H](C(=O)NCc1ccc(-c2ncon2)cc1)N1CCCCC1. The Bertz CT molecular complexity index is 619. The smallest absolute Gasteiger partial charge is 0.237 e. The molecule has 1 aliphatic rings. The lowest BCUT2D eigenvalue weighted by molar-refractivity contribution is -0.126. The van der Waals surface area contributed by atoms with Gasteiger partial charge in [-0.15, -0.1) is 0 Å². The van der Waals surface area contributed by atoms with Crippen molar-refractivity contribution in [2.45, 2.75) is 38.8 Å². The van der Waals surface area contributed by atoms with Gasteiger partial charge in [0.15, 0.2) is 0 Å². The van der Waals surface area contributed by atoms with Crippen LogP contribution in [0.25, 0.3) is 11.4 Å². The molecule has 1 fully saturated rings. The summed E-state index contributed by atoms with van der Waals surface area (Å²) < 4.78 is 4.74. The van der Waals surface area contributed by atoms with Gasteiger partial charge in [-0.3, -0.25) is 9.69 Å². The highest BCUT2D eigenvalue weighted by molar-refractivity contribution is 5.81. The number of nitrogens with one attached hydrogen (secondary N) is 1. The molecule has 1 atom stereocenters. The summed E-state index contributed by atoms with van der Waals surface area (Å²) in [5.41, 5.74) is 1.95. The van der Waals surface area contributed by atoms with Gasteiger partial charge >= 0.3 is 0 Å². The van der Waals surface area contributed by atoms with Crippen LogP contribution < -0.4 is 5.32 Å². The number of carbonyl (C=O) groups excluding carboxylic acids is 1. The lowest BCUT2D eigenvalue weighted by Crippen LogP contribution is -2.46. The molecule has 0 bridgehead atoms. The number of hydrogen-bond donors (Lipinski definition) is 1. The summed E-state index contributed by atoms with van der Waals surface area (Å²) in [4.78, 5) is 18.6. The van der Waals surface area contributed by atoms with Crippen LogP contribution in [-0.2, 0) is 11.3 Å². The van der Waals surface area contributed by atoms with Gasteiger partial charge in [0.05, 0.1) is 6.04 Å². The Morgan fingerprint density at radius 3 is 2.65 bits per heavy atom. The Balaban J connectivity index is 1.52. The third kappa shape index (κ3) is 3.96. The van der Waals surface area contributed by atoms with Crippen LogP contribution in [0.4, 0.5) is 0 Å². The maximum atomic E-state index is 12.3. The van der Waals surface area contributed by atoms with Gasteiger partial charge < -0.3 is 9.84 Å². The number of nitrogens with zero attached hydrogens (tertiary/aromatic N) is 3. The van der Waals surface area contributed by atoms with Crippen LogP contribution in [0, 0.1) is 0 Å². The van der Waals surface area contributed by atoms with Gasteiger partial charge in [0.2, 0.25) is 18.1 Å². The summed E-state index contributed by atoms with van der Waals surface area (Å²) in [5.74, 6) is 0.661. The third-order valence-corrected chi connectivity index (χ3v) is 4.36. The average Bonchev–Trinajstić information content (AvgIpc) is 3.15. The van der Waals surface area contributed by atoms with Crippen LogP contribution in [0.3, 0.4) is 0 Å². The lowest BCUT2D eigenvalue weighted by atomic mass is 10.1. The van der Waals surface area contributed by atoms with Crippen molar-refractivity contribution < 1.29 is 9.32 Å². The van der Waals surface area contributed by atoms with Crippen molar-refractivity contribution in [3.8, 4) is 11.4 Å². The van der Waals surface area contributed by atoms with Crippen molar-refractivity contribution in [1.82, 2.24) is 20.4 Å². The largest absolute Gasteiger partial charge is 0.351 e. The molecule has 1 N–H and O–H groups in total. The fourth-order valence-corrected chi connectivity index (χ4v) is 2.88. The molecule has 0 spiro atoms. The molecule has 2 heterocycles. The molecular weight excluding hydrogens is 292 g/mol. The summed E-state index contributed by atoms with van der Waals surface area (Å²) in [6.07, 6.45) is 4.97. The van der Waals surface area contributed by atoms with Gasteiger partial charge in [0.1, 0.15) is 0 Å². The molecule has 1 amide bonds. The zero-order chi connectivity index (χ0) is 16.1. The fraction of sp³-hybridized carbons (Fsp3) is 0.471. The van der Waals surface area contributed by atoms with E-state index in [-0.39, 0.29) is 11.9 Å². The van der Waals surface area contributed by atoms with E-state index in [1.165, 1.54) is 25.7 Å². The number of likely N-dealkylation sites (tertiary alicyclic amines) is 1. The highest BCUT2D eigenvalue weighted by atomic mass is 16.5. The number of rotatable bonds is 5. The van der Waals surface area contributed by atoms with E-state index in [2.05, 4.69) is 20.4 Å². The monoisotopic (exact) mass is 314 g/mol. The molecule has 3 rings (SSSR count). The first-order valence-corrected chi connectivity index (χ1v) is 8.11. The van der Waals surface area contributed by atoms with E-state index in [4.69, 9.17) is 4.52 Å². The number of aromatic nitrogens is 2. The number of carbonyl (C=O) groups is 1. The molecule has 0 unspecified atom stereocenters. The maximum absolute atomic E-state index is 12.3. The van der Waals surface area contributed by atoms with Crippen molar-refractivity contribution in [2.75, 3.05) is 13.1 Å². The second-order valence-electron chi connectivity index (χ2n) is 5.94. The summed E-state index contributed by atoms with van der Waals surface area (Å²) in [7, 11) is 0. The molecule has 0 radical (unpaired) electrons. The average molecular weight is 314 g/mol. The molecule has 23 heavy (non-hydrogen) atoms. The third-order valence-electron chi connectivity index (χ3n) is 4.36. The number of benzene rings is 1. The summed E-state index contributed by atoms with van der Waals surface area (Å²) in [5, 5.41) is 6.82. The molecule has 2 aromatic rings. The number of amides is 1. The highest BCUT2D eigenvalue weighted by Crippen LogP contribution is 2.15. The Morgan fingerprint density at radius 2 is 2.00 bits per heavy atom. The molecule has 1 aromatic heterocycles. The molecule has 6 nitrogen and oxygen atoms in total. The minimum atomic E-state index is -0.0612. The Morgan fingerprint density at radius 1 is 1.26 bits per heavy atom. The van der Waals surface area contributed by atoms with Crippen molar-refractivity contribution in [1.29, 1.82) is 0 Å². The molecule has 0 aliphatic carbocycles. The van der Waals surface area contributed by atoms with E-state index in [0.717, 1.165) is 24.2 Å². The van der Waals surface area contributed by atoms with Crippen molar-refractivity contribution >= 4 is 5.91 Å². The molecule has 1 saturated heterocycles. The molecular formula is C17H22N4O2. The van der Waals surface area contributed by atoms with Gasteiger partial charge in [0.25, 0.3) is 0 Å². The van der Waals surface area contributed by atoms with E-state index in [1.807, 2.05) is 31.2 Å². The van der Waals surface area contributed by atoms with Gasteiger partial charge in [-0.05, 0) is 38.4 Å². The molecule has 0 saturated carbocycles. The fourth-order valence-electron chi connectivity index (χ4n) is 2.88. The second-order valence-corrected chi connectivity index (χ2v) is 5.94. The van der Waals surface area contributed by atoms with Gasteiger partial charge in [-0.2, -0.15) is 4.98 Å². The quantitative estimate of drug-likeness (QED) is 0.916. The van der Waals surface area contributed by atoms with Gasteiger partial charge in [0, 0.05) is 12.1 Å². The van der Waals surface area contributed by atoms with E-state index < -0.39 is 0 Å². The Labute approximate surface area is 135 Å². The van der Waals surface area contributed by atoms with Crippen molar-refractivity contribution in [2.24, 2.45) is 0 Å². The van der Waals surface area contributed by atoms with Gasteiger partial charge in [-0.25, -0.2) is 0 Å². The predicted molar refractivity (Wildman–Crippen MR) is 86.5 cm³/mol. The van der Waals surface area contributed by atoms with E-state index >= 15 is 0 Å². The van der Waals surface area contributed by atoms with Crippen LogP contribution in [0.15, 0.2) is 35.2 Å². The second kappa shape index (κ2) is 7.37. The first kappa shape index (κ1) is 15.7. The minimum absolute atomic E-state index is 0.0612. The Kier molecular flexibility index (Phi) is 5.02. The van der Waals surface area contributed by atoms with E-state index in [0.29, 0.717) is 12.4 Å². The zero-order valence-corrected chi connectivity index (χ0v) is 13.4. The van der Waals surface area contributed by atoms with Crippen molar-refractivity contribution in [3.63, 3.8) is 0 Å². The number of piperidine rings is 1. The number of hydrogen-bond acceptors (Lipinski definition) is 5. The summed E-state index contributed by atoms with van der Waals surface area (Å²) in [6.45, 7) is 4.56. The normalized spacial score (nSPS) is 16.9. The maximum Gasteiger partial charge on any atom is 0.237 e. The van der Waals surface area contributed by atoms with Crippen LogP contribution in [0.1, 0.15) is 31.7 Å². The first-order chi connectivity index (χ1) is 11.2. The van der Waals surface area contributed by atoms with Crippen LogP contribution in [-0.4, -0.2) is 40.1 Å². The van der Waals surface area contributed by atoms with Crippen LogP contribution >= 0.6 is 0 Å². The van der Waals surface area contributed by atoms with E-state index in [1.54, 1.807) is 0 Å². The summed E-state index contributed by atoms with van der Waals surface area (Å²) in [6, 6.07) is 7.74. The molecule has 1 aromatic carbocycles. The summed E-state index contributed by atoms with van der Waals surface area (Å²) >= 11 is 0. The van der Waals surface area contributed by atoms with Crippen molar-refractivity contribution in [3.05, 3.63) is 36.2 Å². The van der Waals surface area contributed by atoms with E-state index in [9.17, 15) is 4.79 Å². The molecule has 122 valence electrons. The topological polar surface area (TPSA) is 71.3 Å². The van der Waals surface area contributed by atoms with Crippen LogP contribution in [0.5, 0.6) is 0 Å². The standard InChI is InChI=1S/C17H22N4O2/c1-13(21-9-3-2-4-10-21)17(22)18-11-14-5-7-15(8-6-14)16-19-12-23-20-16/h5-8,12-13H,2-4,9-11H2,1H3,(H,18,22)/t13-/m1/s1. The molecule has 6 heteroatoms. The minimum Gasteiger partial charge on any atom is -0.351 e. The molecule has 1 aliphatic heterocycles.